The van der Waals surface area contributed by atoms with Crippen molar-refractivity contribution in [3.63, 3.8) is 0 Å². The molecule has 2 aromatic carbocycles. The molecule has 0 aromatic heterocycles. The first-order chi connectivity index (χ1) is 12.7. The molecule has 0 saturated carbocycles. The van der Waals surface area contributed by atoms with Crippen LogP contribution in [0.3, 0.4) is 0 Å². The van der Waals surface area contributed by atoms with Crippen LogP contribution in [0.15, 0.2) is 54.6 Å². The van der Waals surface area contributed by atoms with E-state index in [4.69, 9.17) is 4.74 Å². The fourth-order valence-electron chi connectivity index (χ4n) is 3.67. The number of amides is 1. The van der Waals surface area contributed by atoms with E-state index < -0.39 is 0 Å². The van der Waals surface area contributed by atoms with Crippen molar-refractivity contribution in [2.75, 3.05) is 20.2 Å². The third-order valence-corrected chi connectivity index (χ3v) is 5.11. The van der Waals surface area contributed by atoms with Crippen molar-refractivity contribution in [1.29, 1.82) is 0 Å². The number of nitrogens with one attached hydrogen (secondary N) is 1. The minimum atomic E-state index is -0.217. The summed E-state index contributed by atoms with van der Waals surface area (Å²) in [4.78, 5) is 15.5. The van der Waals surface area contributed by atoms with E-state index >= 15 is 0 Å². The summed E-state index contributed by atoms with van der Waals surface area (Å²) in [7, 11) is 1.66. The van der Waals surface area contributed by atoms with Crippen molar-refractivity contribution in [3.8, 4) is 5.75 Å². The molecule has 0 spiro atoms. The van der Waals surface area contributed by atoms with Crippen molar-refractivity contribution in [3.05, 3.63) is 65.7 Å². The molecule has 0 bridgehead atoms. The van der Waals surface area contributed by atoms with Crippen molar-refractivity contribution in [1.82, 2.24) is 10.2 Å². The number of methoxy groups -OCH3 is 1. The lowest BCUT2D eigenvalue weighted by Crippen LogP contribution is -2.40. The van der Waals surface area contributed by atoms with E-state index in [0.717, 1.165) is 49.2 Å². The Labute approximate surface area is 156 Å². The Balaban J connectivity index is 1.79. The van der Waals surface area contributed by atoms with E-state index in [1.54, 1.807) is 7.11 Å². The summed E-state index contributed by atoms with van der Waals surface area (Å²) in [6, 6.07) is 17.8. The Hall–Kier alpha value is -2.33. The van der Waals surface area contributed by atoms with Gasteiger partial charge in [0.25, 0.3) is 0 Å². The van der Waals surface area contributed by atoms with E-state index in [0.29, 0.717) is 0 Å². The minimum Gasteiger partial charge on any atom is -0.497 e. The lowest BCUT2D eigenvalue weighted by molar-refractivity contribution is -0.127. The molecule has 0 aliphatic carbocycles. The fourth-order valence-corrected chi connectivity index (χ4v) is 3.67. The van der Waals surface area contributed by atoms with Crippen LogP contribution in [0.2, 0.25) is 0 Å². The predicted octanol–water partition coefficient (Wildman–Crippen LogP) is 4.10. The number of ether oxygens (including phenoxy) is 1. The summed E-state index contributed by atoms with van der Waals surface area (Å²) in [5.74, 6) is 0.912. The van der Waals surface area contributed by atoms with Gasteiger partial charge in [-0.3, -0.25) is 9.69 Å². The molecule has 138 valence electrons. The smallest absolute Gasteiger partial charge is 0.242 e. The summed E-state index contributed by atoms with van der Waals surface area (Å²) >= 11 is 0. The number of benzene rings is 2. The molecule has 0 radical (unpaired) electrons. The number of hydrogen-bond donors (Lipinski definition) is 1. The molecule has 2 atom stereocenters. The van der Waals surface area contributed by atoms with Gasteiger partial charge in [0.05, 0.1) is 13.2 Å². The van der Waals surface area contributed by atoms with Gasteiger partial charge in [0.15, 0.2) is 0 Å². The number of likely N-dealkylation sites (tertiary alicyclic amines) is 1. The van der Waals surface area contributed by atoms with Gasteiger partial charge in [-0.15, -0.1) is 0 Å². The average Bonchev–Trinajstić information content (AvgIpc) is 3.21. The molecule has 1 saturated heterocycles. The summed E-state index contributed by atoms with van der Waals surface area (Å²) in [6.07, 6.45) is 3.16. The standard InChI is InChI=1S/C22H28N2O2/c1-3-20(17-11-13-19(26-2)14-12-17)23-22(25)21(24-15-7-8-16-24)18-9-5-4-6-10-18/h4-6,9-14,20-21H,3,7-8,15-16H2,1-2H3,(H,23,25). The molecule has 4 nitrogen and oxygen atoms in total. The molecule has 2 unspecified atom stereocenters. The quantitative estimate of drug-likeness (QED) is 0.816. The van der Waals surface area contributed by atoms with Gasteiger partial charge >= 0.3 is 0 Å². The number of carbonyl (C=O) groups is 1. The zero-order valence-corrected chi connectivity index (χ0v) is 15.7. The molecule has 1 fully saturated rings. The Morgan fingerprint density at radius 1 is 1.04 bits per heavy atom. The summed E-state index contributed by atoms with van der Waals surface area (Å²) in [6.45, 7) is 4.06. The van der Waals surface area contributed by atoms with Crippen LogP contribution < -0.4 is 10.1 Å². The second-order valence-corrected chi connectivity index (χ2v) is 6.80. The van der Waals surface area contributed by atoms with E-state index in [2.05, 4.69) is 29.3 Å². The lowest BCUT2D eigenvalue weighted by Gasteiger charge is -2.29. The molecule has 1 aliphatic rings. The second kappa shape index (κ2) is 8.86. The first-order valence-electron chi connectivity index (χ1n) is 9.46. The van der Waals surface area contributed by atoms with Gasteiger partial charge in [-0.2, -0.15) is 0 Å². The third-order valence-electron chi connectivity index (χ3n) is 5.11. The highest BCUT2D eigenvalue weighted by molar-refractivity contribution is 5.83. The third kappa shape index (κ3) is 4.25. The SMILES string of the molecule is CCC(NC(=O)C(c1ccccc1)N1CCCC1)c1ccc(OC)cc1. The Morgan fingerprint density at radius 3 is 2.27 bits per heavy atom. The van der Waals surface area contributed by atoms with E-state index in [-0.39, 0.29) is 18.0 Å². The highest BCUT2D eigenvalue weighted by Crippen LogP contribution is 2.27. The van der Waals surface area contributed by atoms with Crippen LogP contribution in [0.4, 0.5) is 0 Å². The van der Waals surface area contributed by atoms with Crippen LogP contribution in [0.5, 0.6) is 5.75 Å². The Morgan fingerprint density at radius 2 is 1.69 bits per heavy atom. The van der Waals surface area contributed by atoms with Crippen molar-refractivity contribution in [2.24, 2.45) is 0 Å². The first-order valence-corrected chi connectivity index (χ1v) is 9.46. The topological polar surface area (TPSA) is 41.6 Å². The summed E-state index contributed by atoms with van der Waals surface area (Å²) in [5, 5.41) is 3.27. The van der Waals surface area contributed by atoms with Crippen LogP contribution in [-0.2, 0) is 4.79 Å². The zero-order valence-electron chi connectivity index (χ0n) is 15.7. The summed E-state index contributed by atoms with van der Waals surface area (Å²) < 4.78 is 5.23. The van der Waals surface area contributed by atoms with Gasteiger partial charge in [0.2, 0.25) is 5.91 Å². The highest BCUT2D eigenvalue weighted by atomic mass is 16.5. The predicted molar refractivity (Wildman–Crippen MR) is 104 cm³/mol. The molecule has 1 heterocycles. The van der Waals surface area contributed by atoms with Gasteiger partial charge in [0.1, 0.15) is 11.8 Å². The maximum Gasteiger partial charge on any atom is 0.242 e. The van der Waals surface area contributed by atoms with Gasteiger partial charge in [0, 0.05) is 0 Å². The maximum atomic E-state index is 13.2. The van der Waals surface area contributed by atoms with Crippen LogP contribution in [0.25, 0.3) is 0 Å². The normalized spacial score (nSPS) is 16.8. The average molecular weight is 352 g/mol. The number of nitrogens with zero attached hydrogens (tertiary/aromatic N) is 1. The first kappa shape index (κ1) is 18.5. The Bertz CT molecular complexity index is 694. The number of hydrogen-bond acceptors (Lipinski definition) is 3. The van der Waals surface area contributed by atoms with Crippen LogP contribution in [-0.4, -0.2) is 31.0 Å². The monoisotopic (exact) mass is 352 g/mol. The summed E-state index contributed by atoms with van der Waals surface area (Å²) in [5.41, 5.74) is 2.17. The van der Waals surface area contributed by atoms with E-state index in [9.17, 15) is 4.79 Å². The van der Waals surface area contributed by atoms with Gasteiger partial charge in [-0.25, -0.2) is 0 Å². The minimum absolute atomic E-state index is 0.00206. The molecule has 3 rings (SSSR count). The number of rotatable bonds is 7. The molecule has 2 aromatic rings. The largest absolute Gasteiger partial charge is 0.497 e. The maximum absolute atomic E-state index is 13.2. The molecule has 1 aliphatic heterocycles. The highest BCUT2D eigenvalue weighted by Gasteiger charge is 2.30. The van der Waals surface area contributed by atoms with Gasteiger partial charge in [-0.05, 0) is 55.6 Å². The molecule has 1 N–H and O–H groups in total. The van der Waals surface area contributed by atoms with Gasteiger partial charge < -0.3 is 10.1 Å². The molecule has 26 heavy (non-hydrogen) atoms. The Kier molecular flexibility index (Phi) is 6.29. The van der Waals surface area contributed by atoms with Gasteiger partial charge in [-0.1, -0.05) is 49.4 Å². The van der Waals surface area contributed by atoms with Crippen molar-refractivity contribution in [2.45, 2.75) is 38.3 Å². The van der Waals surface area contributed by atoms with Crippen molar-refractivity contribution < 1.29 is 9.53 Å². The van der Waals surface area contributed by atoms with E-state index in [1.165, 1.54) is 0 Å². The number of carbonyl (C=O) groups excluding carboxylic acids is 1. The zero-order chi connectivity index (χ0) is 18.4. The molecular formula is C22H28N2O2. The van der Waals surface area contributed by atoms with Crippen LogP contribution >= 0.6 is 0 Å². The molecular weight excluding hydrogens is 324 g/mol. The van der Waals surface area contributed by atoms with E-state index in [1.807, 2.05) is 42.5 Å². The van der Waals surface area contributed by atoms with Crippen LogP contribution in [0, 0.1) is 0 Å². The fraction of sp³-hybridized carbons (Fsp3) is 0.409. The molecule has 4 heteroatoms. The van der Waals surface area contributed by atoms with Crippen molar-refractivity contribution >= 4 is 5.91 Å². The van der Waals surface area contributed by atoms with Crippen LogP contribution in [0.1, 0.15) is 49.4 Å². The lowest BCUT2D eigenvalue weighted by atomic mass is 10.0. The second-order valence-electron chi connectivity index (χ2n) is 6.80. The molecule has 1 amide bonds.